The molecular formula is C17H18FN5O3S. The zero-order valence-electron chi connectivity index (χ0n) is 15.0. The van der Waals surface area contributed by atoms with E-state index in [2.05, 4.69) is 10.3 Å². The van der Waals surface area contributed by atoms with Crippen LogP contribution in [0.1, 0.15) is 5.56 Å². The molecular weight excluding hydrogens is 373 g/mol. The van der Waals surface area contributed by atoms with E-state index in [-0.39, 0.29) is 29.5 Å². The molecule has 0 spiro atoms. The van der Waals surface area contributed by atoms with Crippen molar-refractivity contribution in [3.05, 3.63) is 56.5 Å². The Hall–Kier alpha value is -2.88. The molecule has 0 atom stereocenters. The third-order valence-electron chi connectivity index (χ3n) is 4.16. The topological polar surface area (TPSA) is 90.9 Å². The van der Waals surface area contributed by atoms with Gasteiger partial charge in [0.05, 0.1) is 5.75 Å². The first-order valence-corrected chi connectivity index (χ1v) is 9.04. The van der Waals surface area contributed by atoms with E-state index < -0.39 is 11.2 Å². The van der Waals surface area contributed by atoms with Crippen molar-refractivity contribution in [2.75, 3.05) is 5.75 Å². The molecule has 2 aromatic heterocycles. The largest absolute Gasteiger partial charge is 0.351 e. The van der Waals surface area contributed by atoms with Crippen LogP contribution in [0.15, 0.2) is 39.0 Å². The van der Waals surface area contributed by atoms with Crippen LogP contribution in [-0.4, -0.2) is 30.3 Å². The lowest BCUT2D eigenvalue weighted by Gasteiger charge is -2.07. The van der Waals surface area contributed by atoms with E-state index in [1.807, 2.05) is 0 Å². The summed E-state index contributed by atoms with van der Waals surface area (Å²) in [7, 11) is 4.65. The van der Waals surface area contributed by atoms with Gasteiger partial charge < -0.3 is 9.88 Å². The lowest BCUT2D eigenvalue weighted by atomic mass is 10.2. The molecule has 1 N–H and O–H groups in total. The normalized spacial score (nSPS) is 11.1. The maximum atomic E-state index is 12.9. The van der Waals surface area contributed by atoms with Crippen LogP contribution in [0.2, 0.25) is 0 Å². The number of amides is 1. The fourth-order valence-electron chi connectivity index (χ4n) is 2.67. The van der Waals surface area contributed by atoms with E-state index in [0.29, 0.717) is 10.8 Å². The van der Waals surface area contributed by atoms with Crippen molar-refractivity contribution in [1.29, 1.82) is 0 Å². The van der Waals surface area contributed by atoms with Crippen LogP contribution >= 0.6 is 11.8 Å². The van der Waals surface area contributed by atoms with E-state index in [1.165, 1.54) is 23.7 Å². The zero-order chi connectivity index (χ0) is 19.7. The van der Waals surface area contributed by atoms with E-state index in [9.17, 15) is 18.8 Å². The molecule has 0 unspecified atom stereocenters. The number of nitrogens with zero attached hydrogens (tertiary/aromatic N) is 4. The fourth-order valence-corrected chi connectivity index (χ4v) is 3.47. The summed E-state index contributed by atoms with van der Waals surface area (Å²) in [6.07, 6.45) is 0. The number of aromatic nitrogens is 4. The summed E-state index contributed by atoms with van der Waals surface area (Å²) in [5.74, 6) is -0.465. The Balaban J connectivity index is 1.72. The Kier molecular flexibility index (Phi) is 5.17. The van der Waals surface area contributed by atoms with Gasteiger partial charge in [-0.15, -0.1) is 0 Å². The summed E-state index contributed by atoms with van der Waals surface area (Å²) in [5.41, 5.74) is 0.449. The average molecular weight is 391 g/mol. The number of halogens is 1. The molecule has 0 fully saturated rings. The third-order valence-corrected chi connectivity index (χ3v) is 5.19. The van der Waals surface area contributed by atoms with Crippen LogP contribution in [0.4, 0.5) is 4.39 Å². The molecule has 0 saturated carbocycles. The lowest BCUT2D eigenvalue weighted by molar-refractivity contribution is -0.118. The van der Waals surface area contributed by atoms with E-state index in [0.717, 1.165) is 21.9 Å². The van der Waals surface area contributed by atoms with Crippen LogP contribution in [0, 0.1) is 5.82 Å². The van der Waals surface area contributed by atoms with Gasteiger partial charge in [0, 0.05) is 27.7 Å². The van der Waals surface area contributed by atoms with Crippen molar-refractivity contribution in [2.24, 2.45) is 21.1 Å². The van der Waals surface area contributed by atoms with Crippen molar-refractivity contribution < 1.29 is 9.18 Å². The predicted molar refractivity (Wildman–Crippen MR) is 100 cm³/mol. The van der Waals surface area contributed by atoms with Gasteiger partial charge in [0.25, 0.3) is 5.56 Å². The molecule has 0 saturated heterocycles. The summed E-state index contributed by atoms with van der Waals surface area (Å²) in [4.78, 5) is 40.7. The molecule has 142 valence electrons. The number of thioether (sulfide) groups is 1. The van der Waals surface area contributed by atoms with Gasteiger partial charge >= 0.3 is 5.69 Å². The minimum absolute atomic E-state index is 0.0899. The van der Waals surface area contributed by atoms with Crippen LogP contribution in [0.3, 0.4) is 0 Å². The Labute approximate surface area is 157 Å². The first kappa shape index (κ1) is 18.9. The summed E-state index contributed by atoms with van der Waals surface area (Å²) in [5, 5.41) is 3.20. The van der Waals surface area contributed by atoms with Gasteiger partial charge in [0.2, 0.25) is 5.91 Å². The smallest absolute Gasteiger partial charge is 0.332 e. The highest BCUT2D eigenvalue weighted by Crippen LogP contribution is 2.19. The second-order valence-corrected chi connectivity index (χ2v) is 6.97. The fraction of sp³-hybridized carbons (Fsp3) is 0.294. The number of nitrogens with one attached hydrogen (secondary N) is 1. The van der Waals surface area contributed by atoms with Gasteiger partial charge in [0.1, 0.15) is 5.82 Å². The molecule has 0 aliphatic heterocycles. The van der Waals surface area contributed by atoms with E-state index in [1.54, 1.807) is 30.8 Å². The maximum absolute atomic E-state index is 12.9. The van der Waals surface area contributed by atoms with E-state index >= 15 is 0 Å². The number of hydrogen-bond acceptors (Lipinski definition) is 5. The number of rotatable bonds is 5. The Morgan fingerprint density at radius 1 is 1.11 bits per heavy atom. The monoisotopic (exact) mass is 391 g/mol. The molecule has 27 heavy (non-hydrogen) atoms. The lowest BCUT2D eigenvalue weighted by Crippen LogP contribution is -2.37. The highest BCUT2D eigenvalue weighted by Gasteiger charge is 2.17. The number of carbonyl (C=O) groups is 1. The minimum atomic E-state index is -0.476. The SMILES string of the molecule is Cn1c(=O)c2nc(SCC(=O)NCc3ccc(F)cc3)n(C)c2n(C)c1=O. The second-order valence-electron chi connectivity index (χ2n) is 6.02. The van der Waals surface area contributed by atoms with Crippen LogP contribution in [0.25, 0.3) is 11.2 Å². The van der Waals surface area contributed by atoms with Crippen LogP contribution in [0.5, 0.6) is 0 Å². The van der Waals surface area contributed by atoms with Gasteiger partial charge in [-0.1, -0.05) is 23.9 Å². The van der Waals surface area contributed by atoms with Crippen molar-refractivity contribution >= 4 is 28.8 Å². The molecule has 0 bridgehead atoms. The summed E-state index contributed by atoms with van der Waals surface area (Å²) in [6.45, 7) is 0.289. The van der Waals surface area contributed by atoms with Crippen molar-refractivity contribution in [3.8, 4) is 0 Å². The Morgan fingerprint density at radius 3 is 2.44 bits per heavy atom. The maximum Gasteiger partial charge on any atom is 0.332 e. The molecule has 3 aromatic rings. The average Bonchev–Trinajstić information content (AvgIpc) is 2.99. The quantitative estimate of drug-likeness (QED) is 0.641. The summed E-state index contributed by atoms with van der Waals surface area (Å²) in [6, 6.07) is 5.87. The van der Waals surface area contributed by atoms with Gasteiger partial charge in [-0.05, 0) is 17.7 Å². The molecule has 0 radical (unpaired) electrons. The first-order valence-electron chi connectivity index (χ1n) is 8.06. The third kappa shape index (κ3) is 3.65. The van der Waals surface area contributed by atoms with Gasteiger partial charge in [-0.2, -0.15) is 0 Å². The number of imidazole rings is 1. The van der Waals surface area contributed by atoms with Crippen molar-refractivity contribution in [2.45, 2.75) is 11.7 Å². The molecule has 3 rings (SSSR count). The van der Waals surface area contributed by atoms with Gasteiger partial charge in [-0.25, -0.2) is 14.2 Å². The van der Waals surface area contributed by atoms with Gasteiger partial charge in [-0.3, -0.25) is 18.7 Å². The minimum Gasteiger partial charge on any atom is -0.351 e. The number of benzene rings is 1. The van der Waals surface area contributed by atoms with Crippen LogP contribution < -0.4 is 16.6 Å². The molecule has 8 nitrogen and oxygen atoms in total. The zero-order valence-corrected chi connectivity index (χ0v) is 15.8. The van der Waals surface area contributed by atoms with E-state index in [4.69, 9.17) is 0 Å². The first-order chi connectivity index (χ1) is 12.8. The molecule has 10 heteroatoms. The number of hydrogen-bond donors (Lipinski definition) is 1. The van der Waals surface area contributed by atoms with Gasteiger partial charge in [0.15, 0.2) is 16.3 Å². The molecule has 1 amide bonds. The highest BCUT2D eigenvalue weighted by molar-refractivity contribution is 7.99. The van der Waals surface area contributed by atoms with Crippen LogP contribution in [-0.2, 0) is 32.5 Å². The Morgan fingerprint density at radius 2 is 1.78 bits per heavy atom. The number of aryl methyl sites for hydroxylation is 2. The Bertz CT molecular complexity index is 1130. The predicted octanol–water partition coefficient (Wildman–Crippen LogP) is 0.518. The molecule has 0 aliphatic carbocycles. The standard InChI is InChI=1S/C17H18FN5O3S/c1-21-14-13(15(25)23(3)17(26)22(14)2)20-16(21)27-9-12(24)19-8-10-4-6-11(18)7-5-10/h4-7H,8-9H2,1-3H3,(H,19,24). The highest BCUT2D eigenvalue weighted by atomic mass is 32.2. The molecule has 0 aliphatic rings. The number of fused-ring (bicyclic) bond motifs is 1. The summed E-state index contributed by atoms with van der Waals surface area (Å²) < 4.78 is 16.9. The summed E-state index contributed by atoms with van der Waals surface area (Å²) >= 11 is 1.16. The molecule has 2 heterocycles. The van der Waals surface area contributed by atoms with Crippen molar-refractivity contribution in [3.63, 3.8) is 0 Å². The second kappa shape index (κ2) is 7.39. The molecule has 1 aromatic carbocycles. The van der Waals surface area contributed by atoms with Crippen molar-refractivity contribution in [1.82, 2.24) is 24.0 Å². The number of carbonyl (C=O) groups excluding carboxylic acids is 1.